The van der Waals surface area contributed by atoms with Crippen molar-refractivity contribution < 1.29 is 23.8 Å². The van der Waals surface area contributed by atoms with Crippen molar-refractivity contribution in [2.75, 3.05) is 13.2 Å². The Balaban J connectivity index is 1.55. The first-order valence-corrected chi connectivity index (χ1v) is 7.43. The molecule has 0 unspecified atom stereocenters. The van der Waals surface area contributed by atoms with Gasteiger partial charge in [-0.05, 0) is 42.5 Å². The molecule has 0 atom stereocenters. The summed E-state index contributed by atoms with van der Waals surface area (Å²) in [4.78, 5) is 23.7. The van der Waals surface area contributed by atoms with Gasteiger partial charge in [-0.25, -0.2) is 10.2 Å². The maximum absolute atomic E-state index is 12.0. The van der Waals surface area contributed by atoms with Gasteiger partial charge < -0.3 is 14.2 Å². The van der Waals surface area contributed by atoms with Gasteiger partial charge >= 0.3 is 6.09 Å². The Morgan fingerprint density at radius 2 is 1.67 bits per heavy atom. The van der Waals surface area contributed by atoms with Crippen LogP contribution in [0.2, 0.25) is 5.02 Å². The Kier molecular flexibility index (Phi) is 4.72. The molecule has 0 bridgehead atoms. The molecule has 8 heteroatoms. The number of amides is 2. The third-order valence-electron chi connectivity index (χ3n) is 3.11. The van der Waals surface area contributed by atoms with E-state index in [1.165, 1.54) is 18.2 Å². The molecule has 0 aromatic heterocycles. The molecule has 1 heterocycles. The van der Waals surface area contributed by atoms with Crippen LogP contribution in [-0.4, -0.2) is 25.2 Å². The molecule has 2 aromatic carbocycles. The van der Waals surface area contributed by atoms with Gasteiger partial charge in [0.05, 0.1) is 0 Å². The molecule has 1 aliphatic heterocycles. The molecule has 124 valence electrons. The second-order valence-electron chi connectivity index (χ2n) is 4.78. The Labute approximate surface area is 142 Å². The number of fused-ring (bicyclic) bond motifs is 1. The Morgan fingerprint density at radius 1 is 0.958 bits per heavy atom. The summed E-state index contributed by atoms with van der Waals surface area (Å²) >= 11 is 5.74. The van der Waals surface area contributed by atoms with Gasteiger partial charge in [0.25, 0.3) is 5.91 Å². The highest BCUT2D eigenvalue weighted by molar-refractivity contribution is 6.30. The van der Waals surface area contributed by atoms with E-state index in [9.17, 15) is 9.59 Å². The lowest BCUT2D eigenvalue weighted by Crippen LogP contribution is -2.43. The number of rotatable bonds is 2. The number of ether oxygens (including phenoxy) is 3. The van der Waals surface area contributed by atoms with Gasteiger partial charge in [0.15, 0.2) is 11.5 Å². The molecule has 0 spiro atoms. The van der Waals surface area contributed by atoms with Crippen molar-refractivity contribution in [1.82, 2.24) is 10.9 Å². The summed E-state index contributed by atoms with van der Waals surface area (Å²) in [7, 11) is 0. The largest absolute Gasteiger partial charge is 0.486 e. The number of carbonyl (C=O) groups is 2. The SMILES string of the molecule is O=C(NNC(=O)c1ccc2c(c1)OCCO2)Oc1ccc(Cl)cc1. The van der Waals surface area contributed by atoms with Crippen LogP contribution in [0.25, 0.3) is 0 Å². The van der Waals surface area contributed by atoms with Crippen LogP contribution >= 0.6 is 11.6 Å². The number of hydrogen-bond acceptors (Lipinski definition) is 5. The third-order valence-corrected chi connectivity index (χ3v) is 3.36. The molecular weight excluding hydrogens is 336 g/mol. The van der Waals surface area contributed by atoms with E-state index in [4.69, 9.17) is 25.8 Å². The van der Waals surface area contributed by atoms with Gasteiger partial charge in [-0.3, -0.25) is 10.2 Å². The standard InChI is InChI=1S/C16H13ClN2O5/c17-11-2-4-12(5-3-11)24-16(21)19-18-15(20)10-1-6-13-14(9-10)23-8-7-22-13/h1-6,9H,7-8H2,(H,18,20)(H,19,21). The smallest absolute Gasteiger partial charge is 0.431 e. The van der Waals surface area contributed by atoms with E-state index < -0.39 is 12.0 Å². The summed E-state index contributed by atoms with van der Waals surface area (Å²) in [5.41, 5.74) is 4.72. The molecule has 2 aromatic rings. The number of halogens is 1. The number of nitrogens with one attached hydrogen (secondary N) is 2. The lowest BCUT2D eigenvalue weighted by Gasteiger charge is -2.18. The molecule has 0 radical (unpaired) electrons. The molecule has 0 saturated heterocycles. The topological polar surface area (TPSA) is 85.9 Å². The van der Waals surface area contributed by atoms with Gasteiger partial charge in [0.2, 0.25) is 0 Å². The monoisotopic (exact) mass is 348 g/mol. The van der Waals surface area contributed by atoms with Gasteiger partial charge in [0, 0.05) is 10.6 Å². The van der Waals surface area contributed by atoms with Crippen LogP contribution in [0.4, 0.5) is 4.79 Å². The predicted molar refractivity (Wildman–Crippen MR) is 85.5 cm³/mol. The first kappa shape index (κ1) is 15.9. The van der Waals surface area contributed by atoms with Crippen LogP contribution in [0.1, 0.15) is 10.4 Å². The molecule has 24 heavy (non-hydrogen) atoms. The van der Waals surface area contributed by atoms with Crippen LogP contribution < -0.4 is 25.1 Å². The fraction of sp³-hybridized carbons (Fsp3) is 0.125. The van der Waals surface area contributed by atoms with Gasteiger partial charge in [-0.15, -0.1) is 0 Å². The lowest BCUT2D eigenvalue weighted by molar-refractivity contribution is 0.0927. The lowest BCUT2D eigenvalue weighted by atomic mass is 10.2. The molecule has 2 N–H and O–H groups in total. The fourth-order valence-corrected chi connectivity index (χ4v) is 2.13. The van der Waals surface area contributed by atoms with Crippen LogP contribution in [-0.2, 0) is 0 Å². The summed E-state index contributed by atoms with van der Waals surface area (Å²) in [6, 6.07) is 11.0. The van der Waals surface area contributed by atoms with Crippen molar-refractivity contribution in [3.8, 4) is 17.2 Å². The number of benzene rings is 2. The Bertz CT molecular complexity index is 764. The Hall–Kier alpha value is -2.93. The zero-order valence-corrected chi connectivity index (χ0v) is 13.1. The van der Waals surface area contributed by atoms with Crippen LogP contribution in [0.3, 0.4) is 0 Å². The molecule has 0 saturated carbocycles. The average molecular weight is 349 g/mol. The quantitative estimate of drug-likeness (QED) is 0.815. The van der Waals surface area contributed by atoms with Crippen molar-refractivity contribution >= 4 is 23.6 Å². The Morgan fingerprint density at radius 3 is 2.42 bits per heavy atom. The van der Waals surface area contributed by atoms with Crippen LogP contribution in [0.15, 0.2) is 42.5 Å². The van der Waals surface area contributed by atoms with Crippen LogP contribution in [0, 0.1) is 0 Å². The molecule has 0 aliphatic carbocycles. The van der Waals surface area contributed by atoms with E-state index in [1.807, 2.05) is 0 Å². The first-order chi connectivity index (χ1) is 11.6. The van der Waals surface area contributed by atoms with E-state index in [1.54, 1.807) is 24.3 Å². The zero-order valence-electron chi connectivity index (χ0n) is 12.4. The molecular formula is C16H13ClN2O5. The van der Waals surface area contributed by atoms with E-state index >= 15 is 0 Å². The second kappa shape index (κ2) is 7.10. The highest BCUT2D eigenvalue weighted by atomic mass is 35.5. The zero-order chi connectivity index (χ0) is 16.9. The number of hydrogen-bond donors (Lipinski definition) is 2. The van der Waals surface area contributed by atoms with Crippen molar-refractivity contribution in [1.29, 1.82) is 0 Å². The van der Waals surface area contributed by atoms with Crippen LogP contribution in [0.5, 0.6) is 17.2 Å². The maximum Gasteiger partial charge on any atom is 0.431 e. The van der Waals surface area contributed by atoms with E-state index in [0.29, 0.717) is 41.0 Å². The summed E-state index contributed by atoms with van der Waals surface area (Å²) in [6.45, 7) is 0.889. The van der Waals surface area contributed by atoms with Gasteiger partial charge in [-0.1, -0.05) is 11.6 Å². The van der Waals surface area contributed by atoms with E-state index in [2.05, 4.69) is 10.9 Å². The summed E-state index contributed by atoms with van der Waals surface area (Å²) < 4.78 is 15.8. The normalized spacial score (nSPS) is 12.2. The van der Waals surface area contributed by atoms with Crippen molar-refractivity contribution in [2.24, 2.45) is 0 Å². The molecule has 7 nitrogen and oxygen atoms in total. The van der Waals surface area contributed by atoms with E-state index in [0.717, 1.165) is 0 Å². The van der Waals surface area contributed by atoms with Crippen molar-refractivity contribution in [3.05, 3.63) is 53.1 Å². The minimum absolute atomic E-state index is 0.297. The number of hydrazine groups is 1. The summed E-state index contributed by atoms with van der Waals surface area (Å²) in [6.07, 6.45) is -0.830. The number of carbonyl (C=O) groups excluding carboxylic acids is 2. The van der Waals surface area contributed by atoms with E-state index in [-0.39, 0.29) is 0 Å². The fourth-order valence-electron chi connectivity index (χ4n) is 2.00. The van der Waals surface area contributed by atoms with Crippen molar-refractivity contribution in [2.45, 2.75) is 0 Å². The van der Waals surface area contributed by atoms with Crippen molar-refractivity contribution in [3.63, 3.8) is 0 Å². The molecule has 3 rings (SSSR count). The highest BCUT2D eigenvalue weighted by Crippen LogP contribution is 2.30. The first-order valence-electron chi connectivity index (χ1n) is 7.05. The average Bonchev–Trinajstić information content (AvgIpc) is 2.61. The predicted octanol–water partition coefficient (Wildman–Crippen LogP) is 2.54. The van der Waals surface area contributed by atoms with Gasteiger partial charge in [-0.2, -0.15) is 0 Å². The molecule has 0 fully saturated rings. The van der Waals surface area contributed by atoms with Gasteiger partial charge in [0.1, 0.15) is 19.0 Å². The molecule has 2 amide bonds. The third kappa shape index (κ3) is 3.88. The minimum atomic E-state index is -0.830. The summed E-state index contributed by atoms with van der Waals surface area (Å²) in [5.74, 6) is 0.844. The highest BCUT2D eigenvalue weighted by Gasteiger charge is 2.15. The minimum Gasteiger partial charge on any atom is -0.486 e. The maximum atomic E-state index is 12.0. The molecule has 1 aliphatic rings. The second-order valence-corrected chi connectivity index (χ2v) is 5.22. The summed E-state index contributed by atoms with van der Waals surface area (Å²) in [5, 5.41) is 0.523.